The number of hydrogen-bond acceptors (Lipinski definition) is 4. The van der Waals surface area contributed by atoms with E-state index >= 15 is 0 Å². The van der Waals surface area contributed by atoms with Gasteiger partial charge in [-0.2, -0.15) is 0 Å². The van der Waals surface area contributed by atoms with E-state index in [1.54, 1.807) is 0 Å². The topological polar surface area (TPSA) is 49.2 Å². The molecule has 4 atom stereocenters. The maximum absolute atomic E-state index is 10.5. The van der Waals surface area contributed by atoms with Crippen molar-refractivity contribution in [2.24, 2.45) is 11.8 Å². The van der Waals surface area contributed by atoms with Gasteiger partial charge in [0.15, 0.2) is 0 Å². The van der Waals surface area contributed by atoms with E-state index in [0.29, 0.717) is 12.0 Å². The van der Waals surface area contributed by atoms with Crippen LogP contribution in [0.5, 0.6) is 0 Å². The first-order valence-electron chi connectivity index (χ1n) is 8.31. The lowest BCUT2D eigenvalue weighted by atomic mass is 9.76. The van der Waals surface area contributed by atoms with Gasteiger partial charge in [0.2, 0.25) is 5.95 Å². The van der Waals surface area contributed by atoms with Crippen molar-refractivity contribution < 1.29 is 5.11 Å². The van der Waals surface area contributed by atoms with E-state index in [1.165, 1.54) is 6.42 Å². The van der Waals surface area contributed by atoms with Gasteiger partial charge in [0.25, 0.3) is 0 Å². The molecule has 1 aromatic heterocycles. The summed E-state index contributed by atoms with van der Waals surface area (Å²) in [5, 5.41) is 10.5. The van der Waals surface area contributed by atoms with Gasteiger partial charge in [-0.1, -0.05) is 6.92 Å². The minimum Gasteiger partial charge on any atom is -0.393 e. The predicted octanol–water partition coefficient (Wildman–Crippen LogP) is 2.86. The fourth-order valence-electron chi connectivity index (χ4n) is 4.14. The second-order valence-electron chi connectivity index (χ2n) is 7.00. The predicted molar refractivity (Wildman–Crippen MR) is 84.4 cm³/mol. The van der Waals surface area contributed by atoms with Crippen LogP contribution in [0.3, 0.4) is 0 Å². The van der Waals surface area contributed by atoms with Gasteiger partial charge < -0.3 is 10.0 Å². The number of hydrogen-bond donors (Lipinski definition) is 1. The van der Waals surface area contributed by atoms with E-state index in [4.69, 9.17) is 0 Å². The number of anilines is 1. The maximum atomic E-state index is 10.5. The summed E-state index contributed by atoms with van der Waals surface area (Å²) < 4.78 is 0. The molecule has 2 fully saturated rings. The Morgan fingerprint density at radius 1 is 1.14 bits per heavy atom. The summed E-state index contributed by atoms with van der Waals surface area (Å²) in [5.74, 6) is 1.96. The Labute approximate surface area is 127 Å². The molecule has 1 saturated heterocycles. The van der Waals surface area contributed by atoms with E-state index in [1.807, 2.05) is 19.9 Å². The lowest BCUT2D eigenvalue weighted by Crippen LogP contribution is -2.44. The molecule has 2 heterocycles. The van der Waals surface area contributed by atoms with Crippen LogP contribution in [0.25, 0.3) is 0 Å². The number of aliphatic hydroxyl groups is 1. The second-order valence-corrected chi connectivity index (χ2v) is 7.00. The van der Waals surface area contributed by atoms with Crippen LogP contribution < -0.4 is 4.90 Å². The standard InChI is InChI=1S/C17H27N3O/c1-11-6-7-16(21)14(9-11)15-5-4-8-20(15)17-18-12(2)10-13(3)19-17/h10-11,14-16,21H,4-9H2,1-3H3/t11-,14+,15-,16+/m1/s1. The highest BCUT2D eigenvalue weighted by Crippen LogP contribution is 2.38. The van der Waals surface area contributed by atoms with Crippen LogP contribution in [0, 0.1) is 25.7 Å². The van der Waals surface area contributed by atoms with E-state index in [2.05, 4.69) is 21.8 Å². The molecule has 21 heavy (non-hydrogen) atoms. The van der Waals surface area contributed by atoms with Crippen molar-refractivity contribution in [3.8, 4) is 0 Å². The van der Waals surface area contributed by atoms with Crippen molar-refractivity contribution >= 4 is 5.95 Å². The molecule has 116 valence electrons. The van der Waals surface area contributed by atoms with Crippen LogP contribution >= 0.6 is 0 Å². The van der Waals surface area contributed by atoms with E-state index in [9.17, 15) is 5.11 Å². The summed E-state index contributed by atoms with van der Waals surface area (Å²) in [6, 6.07) is 2.43. The Bertz CT molecular complexity index is 485. The van der Waals surface area contributed by atoms with Gasteiger partial charge in [-0.3, -0.25) is 0 Å². The SMILES string of the molecule is Cc1cc(C)nc(N2CCC[C@@H]2[C@@H]2C[C@H](C)CC[C@@H]2O)n1. The lowest BCUT2D eigenvalue weighted by molar-refractivity contribution is 0.0389. The molecule has 1 saturated carbocycles. The van der Waals surface area contributed by atoms with Crippen molar-refractivity contribution in [3.63, 3.8) is 0 Å². The molecule has 1 aliphatic heterocycles. The van der Waals surface area contributed by atoms with E-state index in [-0.39, 0.29) is 6.10 Å². The molecule has 0 unspecified atom stereocenters. The number of nitrogens with zero attached hydrogens (tertiary/aromatic N) is 3. The molecular formula is C17H27N3O. The normalized spacial score (nSPS) is 33.4. The van der Waals surface area contributed by atoms with E-state index in [0.717, 1.165) is 55.5 Å². The molecule has 1 N–H and O–H groups in total. The average molecular weight is 289 g/mol. The molecule has 2 aliphatic rings. The average Bonchev–Trinajstić information content (AvgIpc) is 2.89. The zero-order valence-electron chi connectivity index (χ0n) is 13.4. The Hall–Kier alpha value is -1.16. The molecule has 0 spiro atoms. The minimum atomic E-state index is -0.155. The maximum Gasteiger partial charge on any atom is 0.226 e. The summed E-state index contributed by atoms with van der Waals surface area (Å²) in [6.07, 6.45) is 5.42. The highest BCUT2D eigenvalue weighted by Gasteiger charge is 2.39. The molecule has 0 aromatic carbocycles. The van der Waals surface area contributed by atoms with Crippen LogP contribution in [0.4, 0.5) is 5.95 Å². The molecule has 0 bridgehead atoms. The molecule has 4 nitrogen and oxygen atoms in total. The second kappa shape index (κ2) is 5.91. The summed E-state index contributed by atoms with van der Waals surface area (Å²) in [6.45, 7) is 7.39. The van der Waals surface area contributed by atoms with Crippen LogP contribution in [0.15, 0.2) is 6.07 Å². The largest absolute Gasteiger partial charge is 0.393 e. The van der Waals surface area contributed by atoms with Gasteiger partial charge in [0.1, 0.15) is 0 Å². The quantitative estimate of drug-likeness (QED) is 0.909. The molecule has 1 aromatic rings. The highest BCUT2D eigenvalue weighted by molar-refractivity contribution is 5.36. The van der Waals surface area contributed by atoms with Crippen molar-refractivity contribution in [2.75, 3.05) is 11.4 Å². The monoisotopic (exact) mass is 289 g/mol. The molecule has 3 rings (SSSR count). The van der Waals surface area contributed by atoms with Crippen LogP contribution in [-0.2, 0) is 0 Å². The summed E-state index contributed by atoms with van der Waals surface area (Å²) in [4.78, 5) is 11.6. The fraction of sp³-hybridized carbons (Fsp3) is 0.765. The molecule has 0 amide bonds. The smallest absolute Gasteiger partial charge is 0.226 e. The van der Waals surface area contributed by atoms with Gasteiger partial charge in [-0.15, -0.1) is 0 Å². The first-order valence-corrected chi connectivity index (χ1v) is 8.31. The zero-order chi connectivity index (χ0) is 15.0. The van der Waals surface area contributed by atoms with Crippen molar-refractivity contribution in [3.05, 3.63) is 17.5 Å². The third-order valence-corrected chi connectivity index (χ3v) is 5.14. The number of aromatic nitrogens is 2. The van der Waals surface area contributed by atoms with Gasteiger partial charge in [0.05, 0.1) is 6.10 Å². The van der Waals surface area contributed by atoms with Gasteiger partial charge in [0, 0.05) is 29.9 Å². The molecule has 4 heteroatoms. The van der Waals surface area contributed by atoms with Gasteiger partial charge >= 0.3 is 0 Å². The van der Waals surface area contributed by atoms with Crippen molar-refractivity contribution in [1.29, 1.82) is 0 Å². The zero-order valence-corrected chi connectivity index (χ0v) is 13.4. The molecule has 0 radical (unpaired) electrons. The van der Waals surface area contributed by atoms with Crippen LogP contribution in [0.1, 0.15) is 50.4 Å². The summed E-state index contributed by atoms with van der Waals surface area (Å²) in [7, 11) is 0. The van der Waals surface area contributed by atoms with Crippen LogP contribution in [0.2, 0.25) is 0 Å². The molecular weight excluding hydrogens is 262 g/mol. The Balaban J connectivity index is 1.84. The Kier molecular flexibility index (Phi) is 4.16. The van der Waals surface area contributed by atoms with Gasteiger partial charge in [-0.25, -0.2) is 9.97 Å². The Morgan fingerprint density at radius 2 is 1.86 bits per heavy atom. The lowest BCUT2D eigenvalue weighted by Gasteiger charge is -2.39. The highest BCUT2D eigenvalue weighted by atomic mass is 16.3. The first-order chi connectivity index (χ1) is 10.0. The first kappa shape index (κ1) is 14.8. The Morgan fingerprint density at radius 3 is 2.57 bits per heavy atom. The third-order valence-electron chi connectivity index (χ3n) is 5.14. The summed E-state index contributed by atoms with van der Waals surface area (Å²) in [5.41, 5.74) is 2.06. The summed E-state index contributed by atoms with van der Waals surface area (Å²) >= 11 is 0. The molecule has 1 aliphatic carbocycles. The number of rotatable bonds is 2. The van der Waals surface area contributed by atoms with E-state index < -0.39 is 0 Å². The third kappa shape index (κ3) is 3.05. The van der Waals surface area contributed by atoms with Gasteiger partial charge in [-0.05, 0) is 57.9 Å². The van der Waals surface area contributed by atoms with Crippen LogP contribution in [-0.4, -0.2) is 33.8 Å². The van der Waals surface area contributed by atoms with Crippen molar-refractivity contribution in [1.82, 2.24) is 9.97 Å². The van der Waals surface area contributed by atoms with Crippen molar-refractivity contribution in [2.45, 2.75) is 65.0 Å². The minimum absolute atomic E-state index is 0.155. The number of aliphatic hydroxyl groups excluding tert-OH is 1. The fourth-order valence-corrected chi connectivity index (χ4v) is 4.14. The number of aryl methyl sites for hydroxylation is 2.